The summed E-state index contributed by atoms with van der Waals surface area (Å²) in [6.07, 6.45) is 1.97. The van der Waals surface area contributed by atoms with Crippen molar-refractivity contribution in [2.75, 3.05) is 18.9 Å². The lowest BCUT2D eigenvalue weighted by molar-refractivity contribution is -0.385. The van der Waals surface area contributed by atoms with Crippen LogP contribution in [0.1, 0.15) is 23.2 Å². The van der Waals surface area contributed by atoms with Crippen LogP contribution in [0.4, 0.5) is 11.5 Å². The summed E-state index contributed by atoms with van der Waals surface area (Å²) in [7, 11) is 1.58. The van der Waals surface area contributed by atoms with Crippen LogP contribution in [0.25, 0.3) is 0 Å². The van der Waals surface area contributed by atoms with Crippen molar-refractivity contribution < 1.29 is 14.5 Å². The Balaban J connectivity index is 2.15. The van der Waals surface area contributed by atoms with E-state index >= 15 is 0 Å². The molecule has 1 aromatic rings. The van der Waals surface area contributed by atoms with Crippen LogP contribution in [-0.2, 0) is 4.79 Å². The third-order valence-corrected chi connectivity index (χ3v) is 3.17. The van der Waals surface area contributed by atoms with E-state index in [1.807, 2.05) is 0 Å². The molecule has 0 radical (unpaired) electrons. The minimum atomic E-state index is -0.607. The van der Waals surface area contributed by atoms with Gasteiger partial charge < -0.3 is 16.0 Å². The van der Waals surface area contributed by atoms with Crippen molar-refractivity contribution in [3.63, 3.8) is 0 Å². The van der Waals surface area contributed by atoms with Gasteiger partial charge in [-0.15, -0.1) is 0 Å². The number of pyridine rings is 1. The highest BCUT2D eigenvalue weighted by Crippen LogP contribution is 2.19. The van der Waals surface area contributed by atoms with Crippen LogP contribution in [0, 0.1) is 10.1 Å². The highest BCUT2D eigenvalue weighted by Gasteiger charge is 2.23. The molecule has 1 saturated heterocycles. The topological polar surface area (TPSA) is 126 Å². The fourth-order valence-corrected chi connectivity index (χ4v) is 2.05. The normalized spacial score (nSPS) is 17.8. The number of aromatic nitrogens is 1. The van der Waals surface area contributed by atoms with Crippen LogP contribution in [-0.4, -0.2) is 41.4 Å². The van der Waals surface area contributed by atoms with E-state index in [1.165, 1.54) is 6.07 Å². The monoisotopic (exact) mass is 293 g/mol. The summed E-state index contributed by atoms with van der Waals surface area (Å²) in [5, 5.41) is 18.9. The third kappa shape index (κ3) is 3.44. The number of nitro groups is 1. The predicted molar refractivity (Wildman–Crippen MR) is 73.9 cm³/mol. The van der Waals surface area contributed by atoms with Crippen LogP contribution < -0.4 is 16.0 Å². The smallest absolute Gasteiger partial charge is 0.288 e. The van der Waals surface area contributed by atoms with Gasteiger partial charge in [0.15, 0.2) is 0 Å². The molecular weight excluding hydrogens is 278 g/mol. The lowest BCUT2D eigenvalue weighted by Gasteiger charge is -2.23. The minimum Gasteiger partial charge on any atom is -0.372 e. The molecule has 2 amide bonds. The first-order chi connectivity index (χ1) is 10.0. The van der Waals surface area contributed by atoms with Crippen molar-refractivity contribution in [3.05, 3.63) is 27.9 Å². The Hall–Kier alpha value is -2.71. The van der Waals surface area contributed by atoms with Gasteiger partial charge in [0.1, 0.15) is 12.0 Å². The molecule has 1 aromatic heterocycles. The standard InChI is InChI=1S/C12H15N5O4/c1-13-11-9(4-8(6-15-11)17(20)21)12(19)16-7-2-3-10(18)14-5-7/h4,6-7H,2-3,5H2,1H3,(H,13,15)(H,14,18)(H,16,19). The fourth-order valence-electron chi connectivity index (χ4n) is 2.05. The largest absolute Gasteiger partial charge is 0.372 e. The molecule has 1 fully saturated rings. The number of nitrogens with one attached hydrogen (secondary N) is 3. The predicted octanol–water partition coefficient (Wildman–Crippen LogP) is 0.0399. The molecule has 1 atom stereocenters. The van der Waals surface area contributed by atoms with E-state index in [1.54, 1.807) is 7.05 Å². The Labute approximate surface area is 120 Å². The minimum absolute atomic E-state index is 0.0478. The molecule has 0 saturated carbocycles. The zero-order chi connectivity index (χ0) is 15.4. The quantitative estimate of drug-likeness (QED) is 0.531. The molecule has 9 heteroatoms. The van der Waals surface area contributed by atoms with E-state index < -0.39 is 10.8 Å². The molecule has 0 spiro atoms. The van der Waals surface area contributed by atoms with Crippen molar-refractivity contribution in [2.45, 2.75) is 18.9 Å². The summed E-state index contributed by atoms with van der Waals surface area (Å²) in [5.41, 5.74) is -0.153. The molecule has 1 aliphatic heterocycles. The first-order valence-electron chi connectivity index (χ1n) is 6.41. The van der Waals surface area contributed by atoms with Gasteiger partial charge in [-0.25, -0.2) is 4.98 Å². The zero-order valence-electron chi connectivity index (χ0n) is 11.4. The number of piperidine rings is 1. The van der Waals surface area contributed by atoms with Gasteiger partial charge in [0.25, 0.3) is 11.6 Å². The number of amides is 2. The number of nitrogens with zero attached hydrogens (tertiary/aromatic N) is 2. The number of hydrogen-bond donors (Lipinski definition) is 3. The van der Waals surface area contributed by atoms with E-state index in [0.717, 1.165) is 6.20 Å². The van der Waals surface area contributed by atoms with Crippen molar-refractivity contribution in [1.82, 2.24) is 15.6 Å². The average Bonchev–Trinajstić information content (AvgIpc) is 2.48. The van der Waals surface area contributed by atoms with E-state index in [-0.39, 0.29) is 29.0 Å². The van der Waals surface area contributed by atoms with Crippen molar-refractivity contribution in [3.8, 4) is 0 Å². The molecule has 2 rings (SSSR count). The molecule has 9 nitrogen and oxygen atoms in total. The summed E-state index contributed by atoms with van der Waals surface area (Å²) in [5.74, 6) is -0.247. The van der Waals surface area contributed by atoms with Gasteiger partial charge in [-0.1, -0.05) is 0 Å². The SMILES string of the molecule is CNc1ncc([N+](=O)[O-])cc1C(=O)NC1CCC(=O)NC1. The summed E-state index contributed by atoms with van der Waals surface area (Å²) in [6, 6.07) is 0.981. The summed E-state index contributed by atoms with van der Waals surface area (Å²) >= 11 is 0. The maximum absolute atomic E-state index is 12.2. The van der Waals surface area contributed by atoms with Crippen LogP contribution >= 0.6 is 0 Å². The van der Waals surface area contributed by atoms with Crippen molar-refractivity contribution in [1.29, 1.82) is 0 Å². The summed E-state index contributed by atoms with van der Waals surface area (Å²) in [4.78, 5) is 37.3. The highest BCUT2D eigenvalue weighted by molar-refractivity contribution is 5.99. The Morgan fingerprint density at radius 2 is 2.33 bits per heavy atom. The molecule has 0 bridgehead atoms. The number of hydrogen-bond acceptors (Lipinski definition) is 6. The number of anilines is 1. The molecule has 3 N–H and O–H groups in total. The third-order valence-electron chi connectivity index (χ3n) is 3.17. The molecule has 1 unspecified atom stereocenters. The number of carbonyl (C=O) groups excluding carboxylic acids is 2. The summed E-state index contributed by atoms with van der Waals surface area (Å²) in [6.45, 7) is 0.349. The maximum atomic E-state index is 12.2. The Morgan fingerprint density at radius 3 is 2.90 bits per heavy atom. The maximum Gasteiger partial charge on any atom is 0.288 e. The van der Waals surface area contributed by atoms with Gasteiger partial charge in [0.05, 0.1) is 10.5 Å². The van der Waals surface area contributed by atoms with E-state index in [9.17, 15) is 19.7 Å². The summed E-state index contributed by atoms with van der Waals surface area (Å²) < 4.78 is 0. The molecule has 0 aliphatic carbocycles. The molecule has 0 aromatic carbocycles. The van der Waals surface area contributed by atoms with Gasteiger partial charge in [-0.3, -0.25) is 19.7 Å². The van der Waals surface area contributed by atoms with E-state index in [0.29, 0.717) is 19.4 Å². The lowest BCUT2D eigenvalue weighted by Crippen LogP contribution is -2.47. The van der Waals surface area contributed by atoms with Crippen LogP contribution in [0.15, 0.2) is 12.3 Å². The lowest BCUT2D eigenvalue weighted by atomic mass is 10.1. The Morgan fingerprint density at radius 1 is 1.57 bits per heavy atom. The van der Waals surface area contributed by atoms with Gasteiger partial charge in [0.2, 0.25) is 5.91 Å². The highest BCUT2D eigenvalue weighted by atomic mass is 16.6. The van der Waals surface area contributed by atoms with Gasteiger partial charge in [0, 0.05) is 32.1 Å². The molecule has 1 aliphatic rings. The second kappa shape index (κ2) is 6.16. The second-order valence-electron chi connectivity index (χ2n) is 4.61. The number of rotatable bonds is 4. The Kier molecular flexibility index (Phi) is 4.31. The van der Waals surface area contributed by atoms with Crippen molar-refractivity contribution >= 4 is 23.3 Å². The van der Waals surface area contributed by atoms with Crippen LogP contribution in [0.5, 0.6) is 0 Å². The first kappa shape index (κ1) is 14.7. The molecule has 21 heavy (non-hydrogen) atoms. The van der Waals surface area contributed by atoms with E-state index in [4.69, 9.17) is 0 Å². The van der Waals surface area contributed by atoms with Gasteiger partial charge in [-0.2, -0.15) is 0 Å². The van der Waals surface area contributed by atoms with Crippen LogP contribution in [0.2, 0.25) is 0 Å². The van der Waals surface area contributed by atoms with Crippen molar-refractivity contribution in [2.24, 2.45) is 0 Å². The number of carbonyl (C=O) groups is 2. The molecular formula is C12H15N5O4. The second-order valence-corrected chi connectivity index (χ2v) is 4.61. The van der Waals surface area contributed by atoms with Gasteiger partial charge in [-0.05, 0) is 6.42 Å². The van der Waals surface area contributed by atoms with Gasteiger partial charge >= 0.3 is 0 Å². The fraction of sp³-hybridized carbons (Fsp3) is 0.417. The molecule has 112 valence electrons. The van der Waals surface area contributed by atoms with Crippen LogP contribution in [0.3, 0.4) is 0 Å². The molecule has 2 heterocycles. The zero-order valence-corrected chi connectivity index (χ0v) is 11.4. The van der Waals surface area contributed by atoms with E-state index in [2.05, 4.69) is 20.9 Å². The average molecular weight is 293 g/mol. The first-order valence-corrected chi connectivity index (χ1v) is 6.41. The Bertz CT molecular complexity index is 579.